The molecule has 0 aromatic carbocycles. The van der Waals surface area contributed by atoms with Crippen LogP contribution in [0.1, 0.15) is 51.9 Å². The molecule has 2 rings (SSSR count). The maximum absolute atomic E-state index is 12.3. The Morgan fingerprint density at radius 2 is 1.85 bits per heavy atom. The molecular weight excluding hydrogens is 351 g/mol. The molecule has 1 aliphatic heterocycles. The van der Waals surface area contributed by atoms with Gasteiger partial charge in [-0.1, -0.05) is 0 Å². The van der Waals surface area contributed by atoms with Crippen molar-refractivity contribution in [3.05, 3.63) is 17.8 Å². The molecule has 0 unspecified atom stereocenters. The van der Waals surface area contributed by atoms with Crippen molar-refractivity contribution in [2.75, 3.05) is 19.8 Å². The number of aromatic nitrogens is 1. The lowest BCUT2D eigenvalue weighted by molar-refractivity contribution is -0.119. The Morgan fingerprint density at radius 1 is 1.22 bits per heavy atom. The Hall–Kier alpha value is -2.13. The molecular formula is C18H27BN2O6. The Morgan fingerprint density at radius 3 is 2.41 bits per heavy atom. The molecule has 0 saturated carbocycles. The largest absolute Gasteiger partial charge is 0.496 e. The molecule has 1 aliphatic rings. The number of hydrogen-bond donors (Lipinski definition) is 1. The second kappa shape index (κ2) is 8.27. The minimum absolute atomic E-state index is 0.138. The quantitative estimate of drug-likeness (QED) is 0.431. The first-order chi connectivity index (χ1) is 12.6. The number of ether oxygens (including phenoxy) is 2. The molecule has 9 heteroatoms. The zero-order valence-corrected chi connectivity index (χ0v) is 16.8. The maximum Gasteiger partial charge on any atom is 0.496 e. The van der Waals surface area contributed by atoms with Crippen LogP contribution in [0.5, 0.6) is 5.88 Å². The number of pyridine rings is 1. The van der Waals surface area contributed by atoms with Crippen molar-refractivity contribution in [1.29, 1.82) is 0 Å². The smallest absolute Gasteiger partial charge is 0.475 e. The van der Waals surface area contributed by atoms with Gasteiger partial charge in [0.05, 0.1) is 24.4 Å². The highest BCUT2D eigenvalue weighted by molar-refractivity contribution is 6.62. The summed E-state index contributed by atoms with van der Waals surface area (Å²) >= 11 is 0. The predicted molar refractivity (Wildman–Crippen MR) is 100 cm³/mol. The highest BCUT2D eigenvalue weighted by Gasteiger charge is 2.52. The Balaban J connectivity index is 2.22. The summed E-state index contributed by atoms with van der Waals surface area (Å²) in [6, 6.07) is 1.61. The summed E-state index contributed by atoms with van der Waals surface area (Å²) in [7, 11) is -0.649. The van der Waals surface area contributed by atoms with Crippen LogP contribution in [-0.4, -0.2) is 54.9 Å². The third kappa shape index (κ3) is 4.98. The number of amides is 1. The van der Waals surface area contributed by atoms with E-state index in [2.05, 4.69) is 10.3 Å². The minimum atomic E-state index is -0.649. The van der Waals surface area contributed by atoms with Gasteiger partial charge in [-0.2, -0.15) is 0 Å². The highest BCUT2D eigenvalue weighted by Crippen LogP contribution is 2.36. The summed E-state index contributed by atoms with van der Waals surface area (Å²) in [6.07, 6.45) is 1.55. The van der Waals surface area contributed by atoms with E-state index in [1.165, 1.54) is 6.92 Å². The average molecular weight is 378 g/mol. The molecule has 0 bridgehead atoms. The van der Waals surface area contributed by atoms with Crippen molar-refractivity contribution in [3.8, 4) is 5.88 Å². The van der Waals surface area contributed by atoms with Crippen molar-refractivity contribution < 1.29 is 28.4 Å². The van der Waals surface area contributed by atoms with Crippen molar-refractivity contribution in [3.63, 3.8) is 0 Å². The van der Waals surface area contributed by atoms with Crippen LogP contribution in [0.25, 0.3) is 0 Å². The molecule has 1 fully saturated rings. The number of esters is 1. The van der Waals surface area contributed by atoms with E-state index in [4.69, 9.17) is 18.8 Å². The van der Waals surface area contributed by atoms with Crippen molar-refractivity contribution in [2.24, 2.45) is 0 Å². The molecule has 0 spiro atoms. The van der Waals surface area contributed by atoms with E-state index in [1.54, 1.807) is 19.2 Å². The van der Waals surface area contributed by atoms with Crippen LogP contribution < -0.4 is 15.5 Å². The van der Waals surface area contributed by atoms with Crippen LogP contribution in [0.2, 0.25) is 0 Å². The second-order valence-corrected chi connectivity index (χ2v) is 7.26. The van der Waals surface area contributed by atoms with Gasteiger partial charge in [0.25, 0.3) is 0 Å². The predicted octanol–water partition coefficient (Wildman–Crippen LogP) is 1.07. The van der Waals surface area contributed by atoms with Gasteiger partial charge in [-0.25, -0.2) is 9.78 Å². The van der Waals surface area contributed by atoms with Crippen molar-refractivity contribution in [1.82, 2.24) is 10.3 Å². The average Bonchev–Trinajstić information content (AvgIpc) is 2.79. The topological polar surface area (TPSA) is 96.0 Å². The fourth-order valence-electron chi connectivity index (χ4n) is 2.42. The van der Waals surface area contributed by atoms with E-state index < -0.39 is 24.3 Å². The van der Waals surface area contributed by atoms with Crippen molar-refractivity contribution in [2.45, 2.75) is 52.7 Å². The lowest BCUT2D eigenvalue weighted by Crippen LogP contribution is -2.41. The van der Waals surface area contributed by atoms with Gasteiger partial charge in [-0.3, -0.25) is 4.79 Å². The first kappa shape index (κ1) is 21.2. The van der Waals surface area contributed by atoms with E-state index in [0.717, 1.165) is 0 Å². The zero-order chi connectivity index (χ0) is 20.2. The van der Waals surface area contributed by atoms with Gasteiger partial charge >= 0.3 is 13.1 Å². The highest BCUT2D eigenvalue weighted by atomic mass is 16.7. The standard InChI is InChI=1S/C18H27BN2O6/c1-7-24-16(23)14-10-13(19-26-17(3,4)18(5,6)27-19)11-21-15(14)25-9-8-20-12(2)22/h10-11H,7-9H2,1-6H3,(H,20,22). The van der Waals surface area contributed by atoms with Crippen LogP contribution in [0.15, 0.2) is 12.3 Å². The Labute approximate surface area is 160 Å². The summed E-state index contributed by atoms with van der Waals surface area (Å²) in [5.41, 5.74) is -0.220. The third-order valence-corrected chi connectivity index (χ3v) is 4.61. The molecule has 148 valence electrons. The van der Waals surface area contributed by atoms with E-state index in [1.807, 2.05) is 27.7 Å². The van der Waals surface area contributed by atoms with Gasteiger partial charge < -0.3 is 24.1 Å². The van der Waals surface area contributed by atoms with Gasteiger partial charge in [0, 0.05) is 18.6 Å². The fourth-order valence-corrected chi connectivity index (χ4v) is 2.42. The number of carbonyl (C=O) groups is 2. The van der Waals surface area contributed by atoms with E-state index in [9.17, 15) is 9.59 Å². The molecule has 0 atom stereocenters. The van der Waals surface area contributed by atoms with Crippen LogP contribution in [0.3, 0.4) is 0 Å². The number of nitrogens with one attached hydrogen (secondary N) is 1. The third-order valence-electron chi connectivity index (χ3n) is 4.61. The molecule has 1 amide bonds. The summed E-state index contributed by atoms with van der Waals surface area (Å²) in [4.78, 5) is 27.5. The number of hydrogen-bond acceptors (Lipinski definition) is 7. The Kier molecular flexibility index (Phi) is 6.48. The van der Waals surface area contributed by atoms with Gasteiger partial charge in [0.2, 0.25) is 11.8 Å². The molecule has 8 nitrogen and oxygen atoms in total. The normalized spacial score (nSPS) is 17.5. The SMILES string of the molecule is CCOC(=O)c1cc(B2OC(C)(C)C(C)(C)O2)cnc1OCCNC(C)=O. The molecule has 27 heavy (non-hydrogen) atoms. The van der Waals surface area contributed by atoms with Crippen LogP contribution in [0, 0.1) is 0 Å². The molecule has 1 N–H and O–H groups in total. The lowest BCUT2D eigenvalue weighted by Gasteiger charge is -2.32. The van der Waals surface area contributed by atoms with Gasteiger partial charge in [-0.15, -0.1) is 0 Å². The first-order valence-electron chi connectivity index (χ1n) is 8.97. The fraction of sp³-hybridized carbons (Fsp3) is 0.611. The summed E-state index contributed by atoms with van der Waals surface area (Å²) in [5, 5.41) is 2.62. The second-order valence-electron chi connectivity index (χ2n) is 7.26. The molecule has 0 aliphatic carbocycles. The first-order valence-corrected chi connectivity index (χ1v) is 8.97. The van der Waals surface area contributed by atoms with Crippen molar-refractivity contribution >= 4 is 24.5 Å². The summed E-state index contributed by atoms with van der Waals surface area (Å²) in [6.45, 7) is 11.6. The summed E-state index contributed by atoms with van der Waals surface area (Å²) in [5.74, 6) is -0.565. The maximum atomic E-state index is 12.3. The van der Waals surface area contributed by atoms with Gasteiger partial charge in [0.15, 0.2) is 0 Å². The molecule has 2 heterocycles. The lowest BCUT2D eigenvalue weighted by atomic mass is 9.79. The number of nitrogens with zero attached hydrogens (tertiary/aromatic N) is 1. The molecule has 0 radical (unpaired) electrons. The molecule has 1 saturated heterocycles. The number of carbonyl (C=O) groups excluding carboxylic acids is 2. The van der Waals surface area contributed by atoms with Crippen LogP contribution in [-0.2, 0) is 18.8 Å². The van der Waals surface area contributed by atoms with E-state index in [-0.39, 0.29) is 30.6 Å². The van der Waals surface area contributed by atoms with Gasteiger partial charge in [-0.05, 0) is 40.7 Å². The van der Waals surface area contributed by atoms with E-state index in [0.29, 0.717) is 12.0 Å². The molecule has 1 aromatic rings. The monoisotopic (exact) mass is 378 g/mol. The zero-order valence-electron chi connectivity index (χ0n) is 16.8. The van der Waals surface area contributed by atoms with Gasteiger partial charge in [0.1, 0.15) is 12.2 Å². The minimum Gasteiger partial charge on any atom is -0.475 e. The molecule has 1 aromatic heterocycles. The van der Waals surface area contributed by atoms with Crippen LogP contribution >= 0.6 is 0 Å². The summed E-state index contributed by atoms with van der Waals surface area (Å²) < 4.78 is 22.7. The van der Waals surface area contributed by atoms with E-state index >= 15 is 0 Å². The van der Waals surface area contributed by atoms with Crippen LogP contribution in [0.4, 0.5) is 0 Å². The number of rotatable bonds is 7. The Bertz CT molecular complexity index is 691.